The number of esters is 2. The number of aliphatic carboxylic acids is 1. The molecule has 1 aliphatic rings. The second kappa shape index (κ2) is 42.8. The van der Waals surface area contributed by atoms with Crippen molar-refractivity contribution in [2.45, 2.75) is 256 Å². The Hall–Kier alpha value is -2.83. The van der Waals surface area contributed by atoms with Crippen molar-refractivity contribution in [3.8, 4) is 0 Å². The second-order valence-corrected chi connectivity index (χ2v) is 17.6. The highest BCUT2D eigenvalue weighted by atomic mass is 16.7. The summed E-state index contributed by atoms with van der Waals surface area (Å²) in [4.78, 5) is 36.9. The third-order valence-corrected chi connectivity index (χ3v) is 11.7. The zero-order valence-corrected chi connectivity index (χ0v) is 40.3. The van der Waals surface area contributed by atoms with Gasteiger partial charge in [-0.15, -0.1) is 0 Å². The van der Waals surface area contributed by atoms with Crippen LogP contribution in [0.25, 0.3) is 0 Å². The van der Waals surface area contributed by atoms with Gasteiger partial charge in [-0.05, 0) is 51.4 Å². The average Bonchev–Trinajstić information content (AvgIpc) is 3.28. The van der Waals surface area contributed by atoms with Crippen molar-refractivity contribution in [1.82, 2.24) is 0 Å². The van der Waals surface area contributed by atoms with Gasteiger partial charge in [-0.2, -0.15) is 0 Å². The monoisotopic (exact) mass is 905 g/mol. The first-order valence-corrected chi connectivity index (χ1v) is 25.7. The maximum absolute atomic E-state index is 12.8. The van der Waals surface area contributed by atoms with Crippen LogP contribution in [0.1, 0.15) is 219 Å². The van der Waals surface area contributed by atoms with Crippen LogP contribution in [0.15, 0.2) is 48.6 Å². The number of unbranched alkanes of at least 4 members (excludes halogenated alkanes) is 24. The fourth-order valence-corrected chi connectivity index (χ4v) is 7.69. The van der Waals surface area contributed by atoms with Crippen LogP contribution >= 0.6 is 0 Å². The van der Waals surface area contributed by atoms with Gasteiger partial charge < -0.3 is 39.4 Å². The van der Waals surface area contributed by atoms with E-state index in [1.54, 1.807) is 0 Å². The van der Waals surface area contributed by atoms with Crippen molar-refractivity contribution in [3.63, 3.8) is 0 Å². The lowest BCUT2D eigenvalue weighted by atomic mass is 9.99. The second-order valence-electron chi connectivity index (χ2n) is 17.6. The summed E-state index contributed by atoms with van der Waals surface area (Å²) in [6, 6.07) is 0. The van der Waals surface area contributed by atoms with Crippen LogP contribution in [0.4, 0.5) is 0 Å². The number of rotatable bonds is 43. The van der Waals surface area contributed by atoms with Gasteiger partial charge in [0.2, 0.25) is 0 Å². The Morgan fingerprint density at radius 2 is 0.922 bits per heavy atom. The molecule has 0 aromatic rings. The van der Waals surface area contributed by atoms with E-state index in [4.69, 9.17) is 18.9 Å². The van der Waals surface area contributed by atoms with E-state index in [2.05, 4.69) is 62.5 Å². The van der Waals surface area contributed by atoms with Crippen LogP contribution in [-0.4, -0.2) is 88.4 Å². The molecular formula is C53H92O11. The summed E-state index contributed by atoms with van der Waals surface area (Å²) in [6.45, 7) is 3.69. The third kappa shape index (κ3) is 33.6. The lowest BCUT2D eigenvalue weighted by molar-refractivity contribution is -0.298. The minimum atomic E-state index is -1.87. The van der Waals surface area contributed by atoms with Crippen LogP contribution in [0.5, 0.6) is 0 Å². The van der Waals surface area contributed by atoms with Gasteiger partial charge in [0, 0.05) is 12.8 Å². The van der Waals surface area contributed by atoms with Gasteiger partial charge in [0.05, 0.1) is 6.61 Å². The topological polar surface area (TPSA) is 169 Å². The number of allylic oxidation sites excluding steroid dienone is 8. The minimum absolute atomic E-state index is 0.176. The maximum Gasteiger partial charge on any atom is 0.335 e. The van der Waals surface area contributed by atoms with Crippen molar-refractivity contribution < 1.29 is 53.8 Å². The number of carbonyl (C=O) groups excluding carboxylic acids is 2. The van der Waals surface area contributed by atoms with E-state index >= 15 is 0 Å². The number of carboxylic acids is 1. The molecule has 64 heavy (non-hydrogen) atoms. The molecule has 1 aliphatic heterocycles. The molecule has 1 heterocycles. The standard InChI is InChI=1S/C53H92O11/c1-3-5-7-9-11-13-15-17-19-20-21-22-23-24-25-26-28-30-32-34-36-38-40-42-47(55)63-45(44-62-53-50(58)48(56)49(57)51(64-53)52(59)60)43-61-46(54)41-39-37-35-33-31-29-27-18-16-14-12-10-8-6-4-2/h6,8,12,14,18,27,31,33,45,48-51,53,56-58H,3-5,7,9-11,13,15-17,19-26,28-30,32,34-44H2,1-2H3,(H,59,60)/b8-6-,14-12-,27-18-,33-31-. The normalized spacial score (nSPS) is 19.7. The summed E-state index contributed by atoms with van der Waals surface area (Å²) in [5, 5.41) is 39.9. The largest absolute Gasteiger partial charge is 0.479 e. The van der Waals surface area contributed by atoms with E-state index in [1.807, 2.05) is 0 Å². The van der Waals surface area contributed by atoms with Gasteiger partial charge in [-0.25, -0.2) is 4.79 Å². The summed E-state index contributed by atoms with van der Waals surface area (Å²) in [7, 11) is 0. The summed E-state index contributed by atoms with van der Waals surface area (Å²) in [6.07, 6.45) is 43.2. The Morgan fingerprint density at radius 3 is 1.39 bits per heavy atom. The van der Waals surface area contributed by atoms with Crippen LogP contribution < -0.4 is 0 Å². The first-order chi connectivity index (χ1) is 31.2. The average molecular weight is 905 g/mol. The van der Waals surface area contributed by atoms with Gasteiger partial charge in [0.1, 0.15) is 24.9 Å². The van der Waals surface area contributed by atoms with Crippen molar-refractivity contribution in [2.24, 2.45) is 0 Å². The lowest BCUT2D eigenvalue weighted by Gasteiger charge is -2.38. The molecule has 0 aromatic carbocycles. The van der Waals surface area contributed by atoms with Gasteiger partial charge in [0.25, 0.3) is 0 Å². The van der Waals surface area contributed by atoms with E-state index < -0.39 is 61.3 Å². The van der Waals surface area contributed by atoms with Crippen LogP contribution in [0.3, 0.4) is 0 Å². The predicted octanol–water partition coefficient (Wildman–Crippen LogP) is 12.1. The molecule has 0 radical (unpaired) electrons. The molecule has 11 heteroatoms. The van der Waals surface area contributed by atoms with Gasteiger partial charge >= 0.3 is 17.9 Å². The SMILES string of the molecule is CC/C=C\C/C=C\C/C=C\C/C=C\CCCCC(=O)OCC(COC1OC(C(=O)O)C(O)C(O)C1O)OC(=O)CCCCCCCCCCCCCCCCCCCCCCCCC. The molecule has 11 nitrogen and oxygen atoms in total. The molecule has 1 fully saturated rings. The van der Waals surface area contributed by atoms with Crippen LogP contribution in [0.2, 0.25) is 0 Å². The van der Waals surface area contributed by atoms with E-state index in [-0.39, 0.29) is 19.4 Å². The highest BCUT2D eigenvalue weighted by Crippen LogP contribution is 2.23. The number of aliphatic hydroxyl groups is 3. The van der Waals surface area contributed by atoms with Gasteiger partial charge in [-0.3, -0.25) is 9.59 Å². The first-order valence-electron chi connectivity index (χ1n) is 25.7. The van der Waals surface area contributed by atoms with Crippen molar-refractivity contribution in [3.05, 3.63) is 48.6 Å². The lowest BCUT2D eigenvalue weighted by Crippen LogP contribution is -2.60. The van der Waals surface area contributed by atoms with Crippen molar-refractivity contribution in [1.29, 1.82) is 0 Å². The predicted molar refractivity (Wildman–Crippen MR) is 257 cm³/mol. The molecule has 0 aliphatic carbocycles. The van der Waals surface area contributed by atoms with E-state index in [0.717, 1.165) is 57.8 Å². The van der Waals surface area contributed by atoms with E-state index in [1.165, 1.54) is 122 Å². The Kier molecular flexibility index (Phi) is 39.6. The molecule has 0 spiro atoms. The quantitative estimate of drug-likeness (QED) is 0.0261. The summed E-state index contributed by atoms with van der Waals surface area (Å²) < 4.78 is 21.8. The molecule has 1 rings (SSSR count). The molecule has 0 aromatic heterocycles. The molecule has 1 saturated heterocycles. The molecule has 0 saturated carbocycles. The Morgan fingerprint density at radius 1 is 0.500 bits per heavy atom. The molecule has 4 N–H and O–H groups in total. The highest BCUT2D eigenvalue weighted by molar-refractivity contribution is 5.73. The maximum atomic E-state index is 12.8. The molecule has 370 valence electrons. The number of aliphatic hydroxyl groups excluding tert-OH is 3. The number of hydrogen-bond acceptors (Lipinski definition) is 10. The molecule has 0 amide bonds. The number of carbonyl (C=O) groups is 3. The minimum Gasteiger partial charge on any atom is -0.479 e. The fraction of sp³-hybridized carbons (Fsp3) is 0.792. The highest BCUT2D eigenvalue weighted by Gasteiger charge is 2.47. The molecule has 6 atom stereocenters. The third-order valence-electron chi connectivity index (χ3n) is 11.7. The Labute approximate surface area is 388 Å². The zero-order valence-electron chi connectivity index (χ0n) is 40.3. The smallest absolute Gasteiger partial charge is 0.335 e. The van der Waals surface area contributed by atoms with Crippen LogP contribution in [-0.2, 0) is 33.3 Å². The number of hydrogen-bond donors (Lipinski definition) is 4. The van der Waals surface area contributed by atoms with Crippen LogP contribution in [0, 0.1) is 0 Å². The Balaban J connectivity index is 2.29. The van der Waals surface area contributed by atoms with Gasteiger partial charge in [-0.1, -0.05) is 204 Å². The summed E-state index contributed by atoms with van der Waals surface area (Å²) in [5.41, 5.74) is 0. The van der Waals surface area contributed by atoms with Crippen molar-refractivity contribution in [2.75, 3.05) is 13.2 Å². The molecule has 6 unspecified atom stereocenters. The fourth-order valence-electron chi connectivity index (χ4n) is 7.69. The summed E-state index contributed by atoms with van der Waals surface area (Å²) >= 11 is 0. The van der Waals surface area contributed by atoms with Gasteiger partial charge in [0.15, 0.2) is 18.5 Å². The number of ether oxygens (including phenoxy) is 4. The zero-order chi connectivity index (χ0) is 46.7. The van der Waals surface area contributed by atoms with E-state index in [9.17, 15) is 34.8 Å². The summed E-state index contributed by atoms with van der Waals surface area (Å²) in [5.74, 6) is -2.49. The molecule has 0 bridgehead atoms. The van der Waals surface area contributed by atoms with Crippen molar-refractivity contribution >= 4 is 17.9 Å². The van der Waals surface area contributed by atoms with E-state index in [0.29, 0.717) is 12.8 Å². The first kappa shape index (κ1) is 59.2. The number of carboxylic acid groups (broad SMARTS) is 1. The molecular weight excluding hydrogens is 813 g/mol. The Bertz CT molecular complexity index is 1250.